The van der Waals surface area contributed by atoms with Gasteiger partial charge in [0.25, 0.3) is 0 Å². The quantitative estimate of drug-likeness (QED) is 0.0427. The van der Waals surface area contributed by atoms with Crippen LogP contribution in [0.4, 0.5) is 0 Å². The summed E-state index contributed by atoms with van der Waals surface area (Å²) in [6.45, 7) is 9.04. The van der Waals surface area contributed by atoms with Crippen molar-refractivity contribution in [2.75, 3.05) is 145 Å². The number of alkyl halides is 1. The maximum absolute atomic E-state index is 11.3. The lowest BCUT2D eigenvalue weighted by molar-refractivity contribution is -0.151. The van der Waals surface area contributed by atoms with Crippen LogP contribution in [0.3, 0.4) is 0 Å². The third-order valence-corrected chi connectivity index (χ3v) is 5.01. The SMILES string of the molecule is O=C(CCC(=O)C(=O)O)OCCOCCOCCOCCOCCOCCOCCOCCOCCOCCOCCCl. The highest BCUT2D eigenvalue weighted by Crippen LogP contribution is 1.95. The van der Waals surface area contributed by atoms with Crippen molar-refractivity contribution in [2.24, 2.45) is 0 Å². The Kier molecular flexibility index (Phi) is 33.8. The molecular formula is C27H49ClO15. The molecule has 0 unspecified atom stereocenters. The predicted molar refractivity (Wildman–Crippen MR) is 152 cm³/mol. The van der Waals surface area contributed by atoms with Crippen LogP contribution in [0.5, 0.6) is 0 Å². The van der Waals surface area contributed by atoms with Gasteiger partial charge in [0.05, 0.1) is 139 Å². The van der Waals surface area contributed by atoms with E-state index in [2.05, 4.69) is 0 Å². The number of carbonyl (C=O) groups excluding carboxylic acids is 2. The van der Waals surface area contributed by atoms with Crippen molar-refractivity contribution in [1.82, 2.24) is 0 Å². The van der Waals surface area contributed by atoms with Gasteiger partial charge in [0.1, 0.15) is 6.61 Å². The molecule has 0 aliphatic heterocycles. The minimum Gasteiger partial charge on any atom is -0.476 e. The van der Waals surface area contributed by atoms with Crippen molar-refractivity contribution in [3.8, 4) is 0 Å². The molecule has 0 aromatic carbocycles. The number of carboxylic acid groups (broad SMARTS) is 1. The number of carbonyl (C=O) groups is 3. The van der Waals surface area contributed by atoms with E-state index in [4.69, 9.17) is 68.8 Å². The van der Waals surface area contributed by atoms with Crippen LogP contribution in [0.25, 0.3) is 0 Å². The normalized spacial score (nSPS) is 11.2. The zero-order valence-corrected chi connectivity index (χ0v) is 25.8. The Bertz CT molecular complexity index is 642. The summed E-state index contributed by atoms with van der Waals surface area (Å²) in [7, 11) is 0. The van der Waals surface area contributed by atoms with E-state index in [1.807, 2.05) is 0 Å². The summed E-state index contributed by atoms with van der Waals surface area (Å²) in [5.41, 5.74) is 0. The molecule has 0 aromatic heterocycles. The summed E-state index contributed by atoms with van der Waals surface area (Å²) >= 11 is 5.50. The Morgan fingerprint density at radius 1 is 0.395 bits per heavy atom. The molecule has 0 aromatic rings. The average Bonchev–Trinajstić information content (AvgIpc) is 3.00. The van der Waals surface area contributed by atoms with Crippen LogP contribution in [-0.2, 0) is 66.5 Å². The summed E-state index contributed by atoms with van der Waals surface area (Å²) in [5.74, 6) is -2.75. The Labute approximate surface area is 258 Å². The standard InChI is InChI=1S/C27H49ClO15/c28-3-4-33-5-6-34-7-8-35-9-10-36-11-12-37-13-14-38-15-16-39-17-18-40-19-20-41-21-22-42-23-24-43-26(30)2-1-25(29)27(31)32/h1-24H2,(H,31,32). The van der Waals surface area contributed by atoms with Crippen LogP contribution >= 0.6 is 11.6 Å². The van der Waals surface area contributed by atoms with E-state index in [0.29, 0.717) is 131 Å². The van der Waals surface area contributed by atoms with Gasteiger partial charge in [0.15, 0.2) is 0 Å². The first-order chi connectivity index (χ1) is 21.1. The maximum atomic E-state index is 11.3. The van der Waals surface area contributed by atoms with Gasteiger partial charge in [-0.05, 0) is 0 Å². The molecule has 0 rings (SSSR count). The highest BCUT2D eigenvalue weighted by Gasteiger charge is 2.14. The summed E-state index contributed by atoms with van der Waals surface area (Å²) in [4.78, 5) is 32.6. The van der Waals surface area contributed by atoms with Gasteiger partial charge in [0.2, 0.25) is 5.78 Å². The molecule has 1 N–H and O–H groups in total. The van der Waals surface area contributed by atoms with Crippen LogP contribution in [0.2, 0.25) is 0 Å². The van der Waals surface area contributed by atoms with Gasteiger partial charge in [-0.3, -0.25) is 9.59 Å². The molecule has 0 saturated heterocycles. The van der Waals surface area contributed by atoms with Crippen molar-refractivity contribution in [3.05, 3.63) is 0 Å². The number of ketones is 1. The Balaban J connectivity index is 3.12. The minimum absolute atomic E-state index is 0.0144. The maximum Gasteiger partial charge on any atom is 0.372 e. The first-order valence-corrected chi connectivity index (χ1v) is 14.9. The van der Waals surface area contributed by atoms with Crippen molar-refractivity contribution in [1.29, 1.82) is 0 Å². The van der Waals surface area contributed by atoms with Crippen molar-refractivity contribution in [2.45, 2.75) is 12.8 Å². The number of halogens is 1. The first kappa shape index (κ1) is 41.5. The molecule has 0 aliphatic rings. The zero-order valence-electron chi connectivity index (χ0n) is 25.0. The van der Waals surface area contributed by atoms with E-state index in [-0.39, 0.29) is 26.1 Å². The fraction of sp³-hybridized carbons (Fsp3) is 0.889. The number of carboxylic acids is 1. The molecule has 0 amide bonds. The Morgan fingerprint density at radius 2 is 0.651 bits per heavy atom. The van der Waals surface area contributed by atoms with Crippen molar-refractivity contribution in [3.63, 3.8) is 0 Å². The number of rotatable bonds is 36. The molecule has 0 bridgehead atoms. The molecule has 15 nitrogen and oxygen atoms in total. The van der Waals surface area contributed by atoms with E-state index in [9.17, 15) is 14.4 Å². The van der Waals surface area contributed by atoms with Crippen molar-refractivity contribution < 1.29 is 71.6 Å². The van der Waals surface area contributed by atoms with E-state index < -0.39 is 17.7 Å². The van der Waals surface area contributed by atoms with Crippen molar-refractivity contribution >= 4 is 29.3 Å². The molecule has 0 saturated carbocycles. The van der Waals surface area contributed by atoms with Crippen LogP contribution < -0.4 is 0 Å². The van der Waals surface area contributed by atoms with Gasteiger partial charge in [-0.1, -0.05) is 0 Å². The number of aliphatic carboxylic acids is 1. The van der Waals surface area contributed by atoms with Gasteiger partial charge in [0, 0.05) is 12.3 Å². The fourth-order valence-corrected chi connectivity index (χ4v) is 2.85. The Morgan fingerprint density at radius 3 is 0.907 bits per heavy atom. The zero-order chi connectivity index (χ0) is 31.5. The second-order valence-electron chi connectivity index (χ2n) is 8.26. The van der Waals surface area contributed by atoms with E-state index >= 15 is 0 Å². The molecule has 0 atom stereocenters. The summed E-state index contributed by atoms with van der Waals surface area (Å²) in [6.07, 6.45) is -0.659. The topological polar surface area (TPSA) is 173 Å². The predicted octanol–water partition coefficient (Wildman–Crippen LogP) is 0.368. The van der Waals surface area contributed by atoms with Gasteiger partial charge in [-0.15, -0.1) is 11.6 Å². The highest BCUT2D eigenvalue weighted by atomic mass is 35.5. The second-order valence-corrected chi connectivity index (χ2v) is 8.64. The largest absolute Gasteiger partial charge is 0.476 e. The lowest BCUT2D eigenvalue weighted by Gasteiger charge is -2.09. The molecule has 43 heavy (non-hydrogen) atoms. The average molecular weight is 649 g/mol. The lowest BCUT2D eigenvalue weighted by Crippen LogP contribution is -2.17. The number of ether oxygens (including phenoxy) is 11. The third-order valence-electron chi connectivity index (χ3n) is 4.86. The monoisotopic (exact) mass is 648 g/mol. The Hall–Kier alpha value is -1.50. The van der Waals surface area contributed by atoms with E-state index in [1.165, 1.54) is 0 Å². The molecule has 16 heteroatoms. The fourth-order valence-electron chi connectivity index (χ4n) is 2.74. The first-order valence-electron chi connectivity index (χ1n) is 14.3. The lowest BCUT2D eigenvalue weighted by atomic mass is 10.2. The van der Waals surface area contributed by atoms with Gasteiger partial charge >= 0.3 is 11.9 Å². The number of hydrogen-bond acceptors (Lipinski definition) is 14. The minimum atomic E-state index is -1.56. The highest BCUT2D eigenvalue weighted by molar-refractivity contribution is 6.32. The number of esters is 1. The molecule has 0 spiro atoms. The smallest absolute Gasteiger partial charge is 0.372 e. The summed E-state index contributed by atoms with van der Waals surface area (Å²) in [6, 6.07) is 0. The number of Topliss-reactive ketones (excluding diaryl/α,β-unsaturated/α-hetero) is 1. The van der Waals surface area contributed by atoms with Gasteiger partial charge in [-0.25, -0.2) is 4.79 Å². The van der Waals surface area contributed by atoms with Crippen LogP contribution in [0.1, 0.15) is 12.8 Å². The second kappa shape index (κ2) is 35.0. The molecule has 0 radical (unpaired) electrons. The third kappa shape index (κ3) is 34.9. The molecule has 0 fully saturated rings. The number of hydrogen-bond donors (Lipinski definition) is 1. The van der Waals surface area contributed by atoms with Gasteiger partial charge in [-0.2, -0.15) is 0 Å². The summed E-state index contributed by atoms with van der Waals surface area (Å²) < 4.78 is 58.5. The molecular weight excluding hydrogens is 600 g/mol. The van der Waals surface area contributed by atoms with Crippen LogP contribution in [0.15, 0.2) is 0 Å². The molecule has 0 aliphatic carbocycles. The van der Waals surface area contributed by atoms with E-state index in [0.717, 1.165) is 0 Å². The molecule has 0 heterocycles. The van der Waals surface area contributed by atoms with Gasteiger partial charge < -0.3 is 57.2 Å². The van der Waals surface area contributed by atoms with Crippen LogP contribution in [-0.4, -0.2) is 167 Å². The molecule has 254 valence electrons. The van der Waals surface area contributed by atoms with E-state index in [1.54, 1.807) is 0 Å². The summed E-state index contributed by atoms with van der Waals surface area (Å²) in [5, 5.41) is 8.43. The van der Waals surface area contributed by atoms with Crippen LogP contribution in [0, 0.1) is 0 Å².